The highest BCUT2D eigenvalue weighted by molar-refractivity contribution is 5.85. The molecular formula is C41H46F3N5. The Morgan fingerprint density at radius 1 is 1.20 bits per heavy atom. The van der Waals surface area contributed by atoms with Crippen LogP contribution in [0.5, 0.6) is 0 Å². The molecule has 2 atom stereocenters. The number of nitrogens with zero attached hydrogens (tertiary/aromatic N) is 2. The number of nitrogens with one attached hydrogen (secondary N) is 2. The molecule has 3 aliphatic rings. The molecule has 0 saturated heterocycles. The average molecular weight is 666 g/mol. The van der Waals surface area contributed by atoms with Crippen LogP contribution in [0.4, 0.5) is 13.2 Å². The molecule has 0 fully saturated rings. The average Bonchev–Trinajstić information content (AvgIpc) is 3.39. The minimum Gasteiger partial charge on any atom is -0.402 e. The third kappa shape index (κ3) is 12.7. The van der Waals surface area contributed by atoms with Crippen molar-refractivity contribution in [1.82, 2.24) is 10.6 Å². The summed E-state index contributed by atoms with van der Waals surface area (Å²) in [4.78, 5) is 9.06. The zero-order valence-electron chi connectivity index (χ0n) is 28.7. The van der Waals surface area contributed by atoms with Gasteiger partial charge in [-0.15, -0.1) is 18.0 Å². The molecule has 5 nitrogen and oxygen atoms in total. The first-order chi connectivity index (χ1) is 23.4. The molecule has 2 aliphatic carbocycles. The largest absolute Gasteiger partial charge is 0.402 e. The molecule has 49 heavy (non-hydrogen) atoms. The maximum absolute atomic E-state index is 13.6. The maximum Gasteiger partial charge on any atom is 0.399 e. The van der Waals surface area contributed by atoms with E-state index in [-0.39, 0.29) is 5.92 Å². The first kappa shape index (κ1) is 38.2. The zero-order chi connectivity index (χ0) is 35.8. The number of halogens is 3. The van der Waals surface area contributed by atoms with E-state index in [2.05, 4.69) is 53.2 Å². The number of hydrogen-bond acceptors (Lipinski definition) is 5. The molecule has 0 bridgehead atoms. The highest BCUT2D eigenvalue weighted by Gasteiger charge is 2.36. The van der Waals surface area contributed by atoms with Gasteiger partial charge < -0.3 is 16.4 Å². The molecule has 8 heteroatoms. The van der Waals surface area contributed by atoms with Gasteiger partial charge >= 0.3 is 6.18 Å². The summed E-state index contributed by atoms with van der Waals surface area (Å²) in [5.41, 5.74) is 19.1. The number of nitrogens with two attached hydrogens (primary N) is 1. The number of unbranched alkanes of at least 4 members (excludes halogenated alkanes) is 1. The second-order valence-electron chi connectivity index (χ2n) is 11.8. The van der Waals surface area contributed by atoms with E-state index < -0.39 is 12.1 Å². The van der Waals surface area contributed by atoms with Crippen molar-refractivity contribution in [3.63, 3.8) is 0 Å². The van der Waals surface area contributed by atoms with Crippen LogP contribution in [0.25, 0.3) is 0 Å². The van der Waals surface area contributed by atoms with Gasteiger partial charge in [0.05, 0.1) is 30.1 Å². The van der Waals surface area contributed by atoms with Gasteiger partial charge in [-0.3, -0.25) is 9.98 Å². The highest BCUT2D eigenvalue weighted by Crippen LogP contribution is 2.31. The molecule has 4 N–H and O–H groups in total. The third-order valence-corrected chi connectivity index (χ3v) is 7.47. The highest BCUT2D eigenvalue weighted by atomic mass is 19.4. The van der Waals surface area contributed by atoms with Gasteiger partial charge in [0.15, 0.2) is 0 Å². The summed E-state index contributed by atoms with van der Waals surface area (Å²) in [6, 6.07) is 0. The van der Waals surface area contributed by atoms with Crippen LogP contribution in [-0.4, -0.2) is 24.6 Å². The van der Waals surface area contributed by atoms with Crippen molar-refractivity contribution in [3.05, 3.63) is 167 Å². The third-order valence-electron chi connectivity index (χ3n) is 7.47. The number of alkyl halides is 3. The van der Waals surface area contributed by atoms with Gasteiger partial charge in [0.2, 0.25) is 0 Å². The molecule has 1 heterocycles. The Balaban J connectivity index is 1.86. The molecule has 0 spiro atoms. The van der Waals surface area contributed by atoms with Gasteiger partial charge in [-0.2, -0.15) is 13.2 Å². The summed E-state index contributed by atoms with van der Waals surface area (Å²) < 4.78 is 40.9. The standard InChI is InChI=1S/C41H46F3N5/c1-7-9-10-17-37(28-47-31(5)26-33-14-11-15-35(21-20-33)34(8-2)25-30(4)45)48-32(6)49-40-19-12-16-36(41(42,43)44)22-23-39(40)38-18-13-24-46-27-29(38)3/h8,10-11,13-14,16-25,28,34,36,48-49H,2,6-7,9,26-27,45H2,1,3-5H3/b17-10+,23-22-,30-25-,37-28+,40-39-,47-31+/t12?,34-,36?/m0/s1. The van der Waals surface area contributed by atoms with Crippen molar-refractivity contribution >= 4 is 11.9 Å². The van der Waals surface area contributed by atoms with Gasteiger partial charge in [0, 0.05) is 47.2 Å². The molecular weight excluding hydrogens is 619 g/mol. The van der Waals surface area contributed by atoms with Crippen LogP contribution in [0.2, 0.25) is 0 Å². The number of aliphatic imine (C=N–C) groups is 2. The lowest BCUT2D eigenvalue weighted by molar-refractivity contribution is -0.148. The summed E-state index contributed by atoms with van der Waals surface area (Å²) in [5.74, 6) is -1.37. The van der Waals surface area contributed by atoms with E-state index in [1.165, 1.54) is 12.2 Å². The quantitative estimate of drug-likeness (QED) is 0.0749. The van der Waals surface area contributed by atoms with Crippen LogP contribution in [0.3, 0.4) is 0 Å². The first-order valence-corrected chi connectivity index (χ1v) is 16.2. The van der Waals surface area contributed by atoms with Gasteiger partial charge in [-0.05, 0) is 68.2 Å². The second kappa shape index (κ2) is 18.9. The number of hydrogen-bond donors (Lipinski definition) is 3. The van der Waals surface area contributed by atoms with Crippen molar-refractivity contribution in [1.29, 1.82) is 0 Å². The SMILES string of the molecule is C=C[C@@H](/C=C(/C)N)C1=C=CC=C(C/C(C)=N/C=C(\C=C\CCC)NC(=C)N/C2=C(C3=C(C)CN=CC=C3)/C=C\C(C(F)(F)F)C=C=C2)C=C1. The fourth-order valence-corrected chi connectivity index (χ4v) is 4.96. The smallest absolute Gasteiger partial charge is 0.399 e. The molecule has 0 amide bonds. The van der Waals surface area contributed by atoms with Crippen molar-refractivity contribution in [2.45, 2.75) is 53.1 Å². The fourth-order valence-electron chi connectivity index (χ4n) is 4.96. The van der Waals surface area contributed by atoms with E-state index >= 15 is 0 Å². The minimum absolute atomic E-state index is 0.0276. The van der Waals surface area contributed by atoms with E-state index in [1.54, 1.807) is 18.5 Å². The lowest BCUT2D eigenvalue weighted by Gasteiger charge is -2.19. The van der Waals surface area contributed by atoms with Gasteiger partial charge in [-0.25, -0.2) is 0 Å². The molecule has 0 saturated carbocycles. The lowest BCUT2D eigenvalue weighted by atomic mass is 9.94. The van der Waals surface area contributed by atoms with Gasteiger partial charge in [0.25, 0.3) is 0 Å². The first-order valence-electron chi connectivity index (χ1n) is 16.2. The fraction of sp³-hybridized carbons (Fsp3) is 0.268. The topological polar surface area (TPSA) is 74.8 Å². The van der Waals surface area contributed by atoms with Crippen LogP contribution in [0.1, 0.15) is 47.0 Å². The summed E-state index contributed by atoms with van der Waals surface area (Å²) >= 11 is 0. The molecule has 0 aromatic heterocycles. The van der Waals surface area contributed by atoms with Crippen molar-refractivity contribution < 1.29 is 13.2 Å². The molecule has 0 aromatic carbocycles. The summed E-state index contributed by atoms with van der Waals surface area (Å²) in [6.45, 7) is 16.4. The van der Waals surface area contributed by atoms with E-state index in [4.69, 9.17) is 10.7 Å². The van der Waals surface area contributed by atoms with Crippen molar-refractivity contribution in [2.24, 2.45) is 27.6 Å². The monoisotopic (exact) mass is 665 g/mol. The molecule has 0 radical (unpaired) electrons. The Bertz CT molecular complexity index is 1740. The second-order valence-corrected chi connectivity index (χ2v) is 11.8. The Kier molecular flexibility index (Phi) is 14.7. The summed E-state index contributed by atoms with van der Waals surface area (Å²) in [6.07, 6.45) is 26.0. The van der Waals surface area contributed by atoms with Crippen molar-refractivity contribution in [2.75, 3.05) is 6.54 Å². The predicted octanol–water partition coefficient (Wildman–Crippen LogP) is 9.60. The van der Waals surface area contributed by atoms with Crippen LogP contribution in [0.15, 0.2) is 177 Å². The van der Waals surface area contributed by atoms with E-state index in [9.17, 15) is 13.2 Å². The predicted molar refractivity (Wildman–Crippen MR) is 199 cm³/mol. The van der Waals surface area contributed by atoms with Crippen LogP contribution in [0, 0.1) is 11.8 Å². The Morgan fingerprint density at radius 2 is 2.00 bits per heavy atom. The molecule has 3 rings (SSSR count). The Morgan fingerprint density at radius 3 is 2.71 bits per heavy atom. The molecule has 256 valence electrons. The van der Waals surface area contributed by atoms with Crippen molar-refractivity contribution in [3.8, 4) is 0 Å². The zero-order valence-corrected chi connectivity index (χ0v) is 28.7. The maximum atomic E-state index is 13.6. The summed E-state index contributed by atoms with van der Waals surface area (Å²) in [5, 5.41) is 6.54. The van der Waals surface area contributed by atoms with Gasteiger partial charge in [0.1, 0.15) is 5.82 Å². The molecule has 1 unspecified atom stereocenters. The molecule has 1 aliphatic heterocycles. The van der Waals surface area contributed by atoms with Gasteiger partial charge in [-0.1, -0.05) is 74.6 Å². The molecule has 0 aromatic rings. The van der Waals surface area contributed by atoms with Crippen LogP contribution < -0.4 is 16.4 Å². The minimum atomic E-state index is -4.43. The number of allylic oxidation sites excluding steroid dienone is 17. The Hall–Kier alpha value is -5.29. The van der Waals surface area contributed by atoms with Crippen LogP contribution in [-0.2, 0) is 0 Å². The normalized spacial score (nSPS) is 21.5. The lowest BCUT2D eigenvalue weighted by Crippen LogP contribution is -2.25. The Labute approximate surface area is 289 Å². The summed E-state index contributed by atoms with van der Waals surface area (Å²) in [7, 11) is 0. The number of rotatable bonds is 14. The van der Waals surface area contributed by atoms with E-state index in [0.29, 0.717) is 35.8 Å². The van der Waals surface area contributed by atoms with Crippen LogP contribution >= 0.6 is 0 Å². The van der Waals surface area contributed by atoms with E-state index in [0.717, 1.165) is 58.7 Å². The van der Waals surface area contributed by atoms with E-state index in [1.807, 2.05) is 69.4 Å².